The third-order valence-electron chi connectivity index (χ3n) is 5.38. The van der Waals surface area contributed by atoms with Crippen molar-refractivity contribution in [3.05, 3.63) is 59.7 Å². The number of rotatable bonds is 3. The Morgan fingerprint density at radius 3 is 2.54 bits per heavy atom. The van der Waals surface area contributed by atoms with E-state index in [0.29, 0.717) is 5.56 Å². The molecular formula is C23H21N3. The van der Waals surface area contributed by atoms with Crippen LogP contribution in [0.4, 0.5) is 0 Å². The Hall–Kier alpha value is -3.09. The predicted molar refractivity (Wildman–Crippen MR) is 102 cm³/mol. The second kappa shape index (κ2) is 7.86. The molecule has 2 aromatic carbocycles. The summed E-state index contributed by atoms with van der Waals surface area (Å²) < 4.78 is 0. The largest absolute Gasteiger partial charge is 0.197 e. The van der Waals surface area contributed by atoms with Crippen LogP contribution in [0, 0.1) is 45.3 Å². The minimum atomic E-state index is -1.14. The van der Waals surface area contributed by atoms with Crippen molar-refractivity contribution in [3.63, 3.8) is 0 Å². The van der Waals surface area contributed by atoms with Crippen LogP contribution < -0.4 is 0 Å². The first-order valence-corrected chi connectivity index (χ1v) is 9.14. The standard InChI is InChI=1S/C23H21N3/c24-15-22-19(13-12-18-8-6-7-11-21(18)22)14-23(16-25,17-26)20-9-4-2-1-3-5-10-20/h4,6-9,11-13,20H,1-3,5,10,14H2/b9-4-. The molecule has 0 aliphatic heterocycles. The summed E-state index contributed by atoms with van der Waals surface area (Å²) in [7, 11) is 0. The maximum atomic E-state index is 9.94. The molecule has 1 unspecified atom stereocenters. The Morgan fingerprint density at radius 1 is 0.962 bits per heavy atom. The maximum Gasteiger partial charge on any atom is 0.154 e. The predicted octanol–water partition coefficient (Wildman–Crippen LogP) is 5.42. The summed E-state index contributed by atoms with van der Waals surface area (Å²) in [6.45, 7) is 0. The van der Waals surface area contributed by atoms with E-state index in [1.807, 2.05) is 36.4 Å². The smallest absolute Gasteiger partial charge is 0.154 e. The minimum Gasteiger partial charge on any atom is -0.197 e. The van der Waals surface area contributed by atoms with Crippen LogP contribution >= 0.6 is 0 Å². The lowest BCUT2D eigenvalue weighted by atomic mass is 9.70. The average Bonchev–Trinajstić information content (AvgIpc) is 2.66. The van der Waals surface area contributed by atoms with Crippen LogP contribution in [0.1, 0.15) is 43.2 Å². The van der Waals surface area contributed by atoms with Gasteiger partial charge < -0.3 is 0 Å². The monoisotopic (exact) mass is 339 g/mol. The lowest BCUT2D eigenvalue weighted by Crippen LogP contribution is -2.30. The molecule has 1 aliphatic rings. The van der Waals surface area contributed by atoms with Gasteiger partial charge in [-0.3, -0.25) is 0 Å². The maximum absolute atomic E-state index is 9.94. The van der Waals surface area contributed by atoms with Gasteiger partial charge in [-0.15, -0.1) is 0 Å². The molecule has 1 atom stereocenters. The lowest BCUT2D eigenvalue weighted by molar-refractivity contribution is 0.340. The highest BCUT2D eigenvalue weighted by molar-refractivity contribution is 5.89. The van der Waals surface area contributed by atoms with E-state index in [0.717, 1.165) is 42.0 Å². The molecular weight excluding hydrogens is 318 g/mol. The zero-order valence-electron chi connectivity index (χ0n) is 14.8. The third-order valence-corrected chi connectivity index (χ3v) is 5.38. The van der Waals surface area contributed by atoms with Crippen molar-refractivity contribution in [3.8, 4) is 18.2 Å². The van der Waals surface area contributed by atoms with Gasteiger partial charge in [-0.25, -0.2) is 0 Å². The van der Waals surface area contributed by atoms with Gasteiger partial charge in [-0.1, -0.05) is 61.4 Å². The number of allylic oxidation sites excluding steroid dienone is 2. The molecule has 128 valence electrons. The number of benzene rings is 2. The highest BCUT2D eigenvalue weighted by atomic mass is 14.5. The van der Waals surface area contributed by atoms with Crippen LogP contribution in [0.3, 0.4) is 0 Å². The quantitative estimate of drug-likeness (QED) is 0.700. The summed E-state index contributed by atoms with van der Waals surface area (Å²) in [5, 5.41) is 31.5. The van der Waals surface area contributed by atoms with Crippen molar-refractivity contribution >= 4 is 10.8 Å². The van der Waals surface area contributed by atoms with Gasteiger partial charge in [-0.2, -0.15) is 15.8 Å². The van der Waals surface area contributed by atoms with E-state index < -0.39 is 5.41 Å². The van der Waals surface area contributed by atoms with Crippen molar-refractivity contribution in [1.29, 1.82) is 15.8 Å². The summed E-state index contributed by atoms with van der Waals surface area (Å²) in [5.41, 5.74) is 0.222. The van der Waals surface area contributed by atoms with Crippen LogP contribution in [0.2, 0.25) is 0 Å². The summed E-state index contributed by atoms with van der Waals surface area (Å²) >= 11 is 0. The fraction of sp³-hybridized carbons (Fsp3) is 0.348. The molecule has 0 N–H and O–H groups in total. The van der Waals surface area contributed by atoms with Crippen molar-refractivity contribution in [2.75, 3.05) is 0 Å². The number of nitrogens with zero attached hydrogens (tertiary/aromatic N) is 3. The molecule has 26 heavy (non-hydrogen) atoms. The Balaban J connectivity index is 2.05. The molecule has 0 saturated heterocycles. The van der Waals surface area contributed by atoms with Crippen LogP contribution in [-0.4, -0.2) is 0 Å². The Labute approximate surface area is 154 Å². The zero-order chi connectivity index (χ0) is 18.4. The van der Waals surface area contributed by atoms with Crippen molar-refractivity contribution in [1.82, 2.24) is 0 Å². The van der Waals surface area contributed by atoms with Crippen molar-refractivity contribution in [2.45, 2.75) is 38.5 Å². The molecule has 0 amide bonds. The second-order valence-electron chi connectivity index (χ2n) is 6.98. The van der Waals surface area contributed by atoms with E-state index >= 15 is 0 Å². The first kappa shape index (κ1) is 17.7. The topological polar surface area (TPSA) is 71.4 Å². The van der Waals surface area contributed by atoms with E-state index in [-0.39, 0.29) is 12.3 Å². The van der Waals surface area contributed by atoms with Gasteiger partial charge in [0.2, 0.25) is 0 Å². The van der Waals surface area contributed by atoms with E-state index in [4.69, 9.17) is 0 Å². The fourth-order valence-corrected chi connectivity index (χ4v) is 3.87. The molecule has 2 aromatic rings. The molecule has 0 aromatic heterocycles. The zero-order valence-corrected chi connectivity index (χ0v) is 14.8. The highest BCUT2D eigenvalue weighted by Gasteiger charge is 2.39. The van der Waals surface area contributed by atoms with Gasteiger partial charge in [0.25, 0.3) is 0 Å². The van der Waals surface area contributed by atoms with Gasteiger partial charge >= 0.3 is 0 Å². The number of hydrogen-bond acceptors (Lipinski definition) is 3. The van der Waals surface area contributed by atoms with Gasteiger partial charge in [0.05, 0.1) is 17.7 Å². The third kappa shape index (κ3) is 3.33. The molecule has 0 saturated carbocycles. The van der Waals surface area contributed by atoms with Gasteiger partial charge in [-0.05, 0) is 35.6 Å². The molecule has 3 heteroatoms. The van der Waals surface area contributed by atoms with E-state index in [1.54, 1.807) is 0 Å². The summed E-state index contributed by atoms with van der Waals surface area (Å²) in [6.07, 6.45) is 9.62. The number of fused-ring (bicyclic) bond motifs is 1. The Bertz CT molecular complexity index is 936. The van der Waals surface area contributed by atoms with Gasteiger partial charge in [0, 0.05) is 12.3 Å². The fourth-order valence-electron chi connectivity index (χ4n) is 3.87. The highest BCUT2D eigenvalue weighted by Crippen LogP contribution is 2.38. The molecule has 1 aliphatic carbocycles. The Morgan fingerprint density at radius 2 is 1.77 bits per heavy atom. The molecule has 0 radical (unpaired) electrons. The lowest BCUT2D eigenvalue weighted by Gasteiger charge is -2.28. The van der Waals surface area contributed by atoms with E-state index in [9.17, 15) is 15.8 Å². The first-order chi connectivity index (χ1) is 12.7. The molecule has 3 rings (SSSR count). The number of hydrogen-bond donors (Lipinski definition) is 0. The number of nitriles is 3. The van der Waals surface area contributed by atoms with Crippen LogP contribution in [-0.2, 0) is 6.42 Å². The normalized spacial score (nSPS) is 18.7. The molecule has 0 bridgehead atoms. The summed E-state index contributed by atoms with van der Waals surface area (Å²) in [5.74, 6) is -0.101. The van der Waals surface area contributed by atoms with E-state index in [2.05, 4.69) is 30.4 Å². The summed E-state index contributed by atoms with van der Waals surface area (Å²) in [4.78, 5) is 0. The Kier molecular flexibility index (Phi) is 5.36. The summed E-state index contributed by atoms with van der Waals surface area (Å²) in [6, 6.07) is 18.5. The minimum absolute atomic E-state index is 0.101. The molecule has 0 heterocycles. The van der Waals surface area contributed by atoms with Gasteiger partial charge in [0.15, 0.2) is 5.41 Å². The molecule has 3 nitrogen and oxygen atoms in total. The van der Waals surface area contributed by atoms with Crippen LogP contribution in [0.25, 0.3) is 10.8 Å². The first-order valence-electron chi connectivity index (χ1n) is 9.14. The average molecular weight is 339 g/mol. The second-order valence-corrected chi connectivity index (χ2v) is 6.98. The molecule has 0 spiro atoms. The van der Waals surface area contributed by atoms with Crippen LogP contribution in [0.5, 0.6) is 0 Å². The van der Waals surface area contributed by atoms with Crippen molar-refractivity contribution < 1.29 is 0 Å². The SMILES string of the molecule is N#Cc1c(CC(C#N)(C#N)C2/C=C\CCCCC2)ccc2ccccc12. The molecule has 0 fully saturated rings. The van der Waals surface area contributed by atoms with Gasteiger partial charge in [0.1, 0.15) is 6.07 Å². The van der Waals surface area contributed by atoms with E-state index in [1.165, 1.54) is 6.42 Å². The van der Waals surface area contributed by atoms with Crippen molar-refractivity contribution in [2.24, 2.45) is 11.3 Å². The van der Waals surface area contributed by atoms with Crippen LogP contribution in [0.15, 0.2) is 48.6 Å².